The van der Waals surface area contributed by atoms with Gasteiger partial charge >= 0.3 is 0 Å². The van der Waals surface area contributed by atoms with Gasteiger partial charge < -0.3 is 14.3 Å². The van der Waals surface area contributed by atoms with Crippen LogP contribution in [0.1, 0.15) is 27.8 Å². The first-order chi connectivity index (χ1) is 12.2. The van der Waals surface area contributed by atoms with Gasteiger partial charge in [0.1, 0.15) is 5.58 Å². The van der Waals surface area contributed by atoms with Crippen LogP contribution in [0.15, 0.2) is 63.5 Å². The molecule has 0 fully saturated rings. The van der Waals surface area contributed by atoms with Crippen molar-refractivity contribution in [1.82, 2.24) is 10.1 Å². The molecule has 0 aliphatic heterocycles. The van der Waals surface area contributed by atoms with E-state index in [0.29, 0.717) is 29.4 Å². The van der Waals surface area contributed by atoms with Gasteiger partial charge in [-0.15, -0.1) is 0 Å². The van der Waals surface area contributed by atoms with Gasteiger partial charge in [0.2, 0.25) is 5.89 Å². The molecule has 0 radical (unpaired) electrons. The zero-order chi connectivity index (χ0) is 17.2. The van der Waals surface area contributed by atoms with Crippen molar-refractivity contribution < 1.29 is 13.7 Å². The standard InChI is InChI=1S/C19H15N3O3/c1-12-20-18(25-22-12)11-13-6-2-4-8-15(13)21-19(23)17-10-14-7-3-5-9-16(14)24-17/h2-10H,11H2,1H3,(H,21,23). The fraction of sp³-hybridized carbons (Fsp3) is 0.105. The van der Waals surface area contributed by atoms with Crippen LogP contribution in [0, 0.1) is 6.92 Å². The molecule has 0 bridgehead atoms. The Balaban J connectivity index is 1.58. The topological polar surface area (TPSA) is 81.2 Å². The maximum atomic E-state index is 12.5. The van der Waals surface area contributed by atoms with Crippen molar-refractivity contribution in [3.05, 3.63) is 77.6 Å². The third-order valence-corrected chi connectivity index (χ3v) is 3.83. The van der Waals surface area contributed by atoms with Crippen LogP contribution in [0.5, 0.6) is 0 Å². The third-order valence-electron chi connectivity index (χ3n) is 3.83. The monoisotopic (exact) mass is 333 g/mol. The molecule has 4 rings (SSSR count). The van der Waals surface area contributed by atoms with Gasteiger partial charge in [0.15, 0.2) is 11.6 Å². The summed E-state index contributed by atoms with van der Waals surface area (Å²) in [6.07, 6.45) is 0.442. The number of rotatable bonds is 4. The van der Waals surface area contributed by atoms with Gasteiger partial charge in [0.25, 0.3) is 5.91 Å². The van der Waals surface area contributed by atoms with Crippen LogP contribution >= 0.6 is 0 Å². The first kappa shape index (κ1) is 15.1. The van der Waals surface area contributed by atoms with Crippen LogP contribution in [-0.4, -0.2) is 16.0 Å². The van der Waals surface area contributed by atoms with E-state index in [0.717, 1.165) is 10.9 Å². The lowest BCUT2D eigenvalue weighted by Crippen LogP contribution is -2.12. The zero-order valence-electron chi connectivity index (χ0n) is 13.5. The van der Waals surface area contributed by atoms with Crippen molar-refractivity contribution in [3.63, 3.8) is 0 Å². The summed E-state index contributed by atoms with van der Waals surface area (Å²) < 4.78 is 10.8. The summed E-state index contributed by atoms with van der Waals surface area (Å²) in [7, 11) is 0. The molecular weight excluding hydrogens is 318 g/mol. The number of carbonyl (C=O) groups excluding carboxylic acids is 1. The number of fused-ring (bicyclic) bond motifs is 1. The molecule has 6 heteroatoms. The van der Waals surface area contributed by atoms with E-state index in [1.807, 2.05) is 48.5 Å². The van der Waals surface area contributed by atoms with Gasteiger partial charge in [-0.25, -0.2) is 0 Å². The molecule has 4 aromatic rings. The smallest absolute Gasteiger partial charge is 0.291 e. The molecule has 0 saturated heterocycles. The molecule has 0 spiro atoms. The van der Waals surface area contributed by atoms with Crippen LogP contribution in [0.25, 0.3) is 11.0 Å². The Hall–Kier alpha value is -3.41. The third kappa shape index (κ3) is 3.14. The Kier molecular flexibility index (Phi) is 3.78. The van der Waals surface area contributed by atoms with E-state index in [2.05, 4.69) is 15.5 Å². The van der Waals surface area contributed by atoms with Crippen LogP contribution in [0.2, 0.25) is 0 Å². The van der Waals surface area contributed by atoms with Crippen molar-refractivity contribution in [2.75, 3.05) is 5.32 Å². The van der Waals surface area contributed by atoms with E-state index in [9.17, 15) is 4.79 Å². The quantitative estimate of drug-likeness (QED) is 0.611. The summed E-state index contributed by atoms with van der Waals surface area (Å²) in [6.45, 7) is 1.77. The minimum absolute atomic E-state index is 0.268. The molecule has 25 heavy (non-hydrogen) atoms. The van der Waals surface area contributed by atoms with Crippen LogP contribution in [0.3, 0.4) is 0 Å². The molecule has 1 N–H and O–H groups in total. The molecule has 2 aromatic heterocycles. The van der Waals surface area contributed by atoms with Crippen LogP contribution in [0.4, 0.5) is 5.69 Å². The van der Waals surface area contributed by atoms with Gasteiger partial charge in [-0.2, -0.15) is 4.98 Å². The predicted octanol–water partition coefficient (Wildman–Crippen LogP) is 3.97. The summed E-state index contributed by atoms with van der Waals surface area (Å²) in [4.78, 5) is 16.7. The van der Waals surface area contributed by atoms with E-state index < -0.39 is 0 Å². The Morgan fingerprint density at radius 2 is 1.92 bits per heavy atom. The minimum atomic E-state index is -0.301. The second-order valence-electron chi connectivity index (χ2n) is 5.67. The van der Waals surface area contributed by atoms with Crippen LogP contribution in [-0.2, 0) is 6.42 Å². The average molecular weight is 333 g/mol. The lowest BCUT2D eigenvalue weighted by atomic mass is 10.1. The largest absolute Gasteiger partial charge is 0.451 e. The molecule has 0 saturated carbocycles. The number of nitrogens with zero attached hydrogens (tertiary/aromatic N) is 2. The second kappa shape index (κ2) is 6.24. The molecule has 1 amide bonds. The predicted molar refractivity (Wildman–Crippen MR) is 92.5 cm³/mol. The number of aryl methyl sites for hydroxylation is 1. The molecule has 2 heterocycles. The number of carbonyl (C=O) groups is 1. The number of benzene rings is 2. The van der Waals surface area contributed by atoms with Gasteiger partial charge in [0, 0.05) is 11.1 Å². The fourth-order valence-electron chi connectivity index (χ4n) is 2.65. The first-order valence-electron chi connectivity index (χ1n) is 7.86. The fourth-order valence-corrected chi connectivity index (χ4v) is 2.65. The van der Waals surface area contributed by atoms with Gasteiger partial charge in [-0.1, -0.05) is 41.6 Å². The minimum Gasteiger partial charge on any atom is -0.451 e. The van der Waals surface area contributed by atoms with Gasteiger partial charge in [0.05, 0.1) is 6.42 Å². The first-order valence-corrected chi connectivity index (χ1v) is 7.86. The highest BCUT2D eigenvalue weighted by Gasteiger charge is 2.15. The maximum absolute atomic E-state index is 12.5. The van der Waals surface area contributed by atoms with Crippen molar-refractivity contribution in [3.8, 4) is 0 Å². The maximum Gasteiger partial charge on any atom is 0.291 e. The zero-order valence-corrected chi connectivity index (χ0v) is 13.5. The number of furan rings is 1. The van der Waals surface area contributed by atoms with Crippen molar-refractivity contribution in [2.45, 2.75) is 13.3 Å². The number of amides is 1. The Morgan fingerprint density at radius 3 is 2.72 bits per heavy atom. The van der Waals surface area contributed by atoms with E-state index in [-0.39, 0.29) is 11.7 Å². The summed E-state index contributed by atoms with van der Waals surface area (Å²) in [6, 6.07) is 16.7. The summed E-state index contributed by atoms with van der Waals surface area (Å²) >= 11 is 0. The highest BCUT2D eigenvalue weighted by molar-refractivity contribution is 6.05. The van der Waals surface area contributed by atoms with Gasteiger partial charge in [-0.05, 0) is 30.7 Å². The molecule has 0 unspecified atom stereocenters. The lowest BCUT2D eigenvalue weighted by molar-refractivity contribution is 0.0998. The molecule has 124 valence electrons. The second-order valence-corrected chi connectivity index (χ2v) is 5.67. The highest BCUT2D eigenvalue weighted by Crippen LogP contribution is 2.22. The van der Waals surface area contributed by atoms with E-state index in [4.69, 9.17) is 8.94 Å². The molecule has 6 nitrogen and oxygen atoms in total. The van der Waals surface area contributed by atoms with Crippen molar-refractivity contribution in [1.29, 1.82) is 0 Å². The molecular formula is C19H15N3O3. The number of hydrogen-bond donors (Lipinski definition) is 1. The van der Waals surface area contributed by atoms with E-state index in [1.54, 1.807) is 13.0 Å². The molecule has 0 atom stereocenters. The Labute approximate surface area is 143 Å². The lowest BCUT2D eigenvalue weighted by Gasteiger charge is -2.08. The molecule has 2 aromatic carbocycles. The number of para-hydroxylation sites is 2. The van der Waals surface area contributed by atoms with Crippen molar-refractivity contribution >= 4 is 22.6 Å². The number of aromatic nitrogens is 2. The summed E-state index contributed by atoms with van der Waals surface area (Å²) in [5.74, 6) is 1.05. The average Bonchev–Trinajstić information content (AvgIpc) is 3.22. The number of hydrogen-bond acceptors (Lipinski definition) is 5. The van der Waals surface area contributed by atoms with E-state index in [1.165, 1.54) is 0 Å². The Bertz CT molecular complexity index is 1020. The SMILES string of the molecule is Cc1noc(Cc2ccccc2NC(=O)c2cc3ccccc3o2)n1. The van der Waals surface area contributed by atoms with Gasteiger partial charge in [-0.3, -0.25) is 4.79 Å². The van der Waals surface area contributed by atoms with Crippen LogP contribution < -0.4 is 5.32 Å². The normalized spacial score (nSPS) is 10.9. The molecule has 0 aliphatic rings. The highest BCUT2D eigenvalue weighted by atomic mass is 16.5. The Morgan fingerprint density at radius 1 is 1.12 bits per heavy atom. The number of anilines is 1. The van der Waals surface area contributed by atoms with Crippen molar-refractivity contribution in [2.24, 2.45) is 0 Å². The summed E-state index contributed by atoms with van der Waals surface area (Å²) in [5, 5.41) is 7.57. The summed E-state index contributed by atoms with van der Waals surface area (Å²) in [5.41, 5.74) is 2.25. The number of nitrogens with one attached hydrogen (secondary N) is 1. The van der Waals surface area contributed by atoms with E-state index >= 15 is 0 Å². The molecule has 0 aliphatic carbocycles.